The Morgan fingerprint density at radius 3 is 2.67 bits per heavy atom. The number of aromatic carboxylic acids is 1. The van der Waals surface area contributed by atoms with Crippen LogP contribution < -0.4 is 20.1 Å². The number of carbonyl (C=O) groups is 2. The zero-order valence-electron chi connectivity index (χ0n) is 21.2. The predicted octanol–water partition coefficient (Wildman–Crippen LogP) is 5.27. The van der Waals surface area contributed by atoms with Gasteiger partial charge in [-0.15, -0.1) is 0 Å². The number of nitrogens with one attached hydrogen (secondary N) is 3. The van der Waals surface area contributed by atoms with Crippen LogP contribution >= 0.6 is 0 Å². The van der Waals surface area contributed by atoms with Crippen molar-refractivity contribution in [3.05, 3.63) is 82.9 Å². The molecule has 0 saturated heterocycles. The third kappa shape index (κ3) is 6.68. The second kappa shape index (κ2) is 11.5. The fraction of sp³-hybridized carbons (Fsp3) is 0.250. The van der Waals surface area contributed by atoms with E-state index in [1.165, 1.54) is 12.1 Å². The molecule has 4 N–H and O–H groups in total. The second-order valence-electron chi connectivity index (χ2n) is 9.07. The van der Waals surface area contributed by atoms with Crippen LogP contribution in [0.1, 0.15) is 47.0 Å². The minimum absolute atomic E-state index is 0.0723. The molecule has 0 radical (unpaired) electrons. The molecule has 11 heteroatoms. The summed E-state index contributed by atoms with van der Waals surface area (Å²) in [4.78, 5) is 23.3. The van der Waals surface area contributed by atoms with Crippen molar-refractivity contribution < 1.29 is 37.7 Å². The number of rotatable bonds is 10. The molecule has 1 amide bonds. The molecule has 0 aromatic heterocycles. The Morgan fingerprint density at radius 2 is 1.95 bits per heavy atom. The highest BCUT2D eigenvalue weighted by atomic mass is 19.3. The number of hydrogen-bond acceptors (Lipinski definition) is 7. The first-order valence-corrected chi connectivity index (χ1v) is 12.0. The highest BCUT2D eigenvalue weighted by Crippen LogP contribution is 2.33. The summed E-state index contributed by atoms with van der Waals surface area (Å²) in [6, 6.07) is 15.4. The van der Waals surface area contributed by atoms with Crippen molar-refractivity contribution in [1.29, 1.82) is 5.41 Å². The van der Waals surface area contributed by atoms with Crippen LogP contribution in [0.15, 0.2) is 60.7 Å². The van der Waals surface area contributed by atoms with Crippen LogP contribution in [0.5, 0.6) is 11.5 Å². The molecule has 0 saturated carbocycles. The third-order valence-electron chi connectivity index (χ3n) is 6.02. The van der Waals surface area contributed by atoms with Crippen LogP contribution in [-0.2, 0) is 16.1 Å². The van der Waals surface area contributed by atoms with Crippen molar-refractivity contribution in [3.63, 3.8) is 0 Å². The maximum Gasteiger partial charge on any atom is 0.335 e. The molecule has 1 heterocycles. The van der Waals surface area contributed by atoms with E-state index in [1.54, 1.807) is 55.5 Å². The fourth-order valence-corrected chi connectivity index (χ4v) is 4.01. The van der Waals surface area contributed by atoms with Gasteiger partial charge in [-0.1, -0.05) is 18.2 Å². The SMILES string of the molecule is C[C@H](NC(=O)C(C)(F)F)[C@H](Oc1ccc(Nc2cccc(C(=O)O)c2)c(C=N)c1)c1ccc2c(c1)OCOC2. The normalized spacial score (nSPS) is 14.3. The van der Waals surface area contributed by atoms with E-state index in [4.69, 9.17) is 19.6 Å². The standard InChI is InChI=1S/C28H27F2N3O6/c1-16(32-27(36)28(2,29)30)25(17-6-7-19-14-37-15-38-24(19)12-17)39-22-8-9-23(20(11-22)13-31)33-21-5-3-4-18(10-21)26(34)35/h3-13,16,25,31,33H,14-15H2,1-2H3,(H,32,36)(H,34,35)/t16-,25-/m0/s1. The van der Waals surface area contributed by atoms with Gasteiger partial charge in [0.1, 0.15) is 17.6 Å². The predicted molar refractivity (Wildman–Crippen MR) is 139 cm³/mol. The molecule has 0 unspecified atom stereocenters. The van der Waals surface area contributed by atoms with Crippen LogP contribution in [0.25, 0.3) is 0 Å². The van der Waals surface area contributed by atoms with E-state index in [0.717, 1.165) is 11.8 Å². The van der Waals surface area contributed by atoms with Gasteiger partial charge >= 0.3 is 11.9 Å². The molecule has 4 rings (SSSR count). The first kappa shape index (κ1) is 27.5. The number of benzene rings is 3. The van der Waals surface area contributed by atoms with Gasteiger partial charge in [-0.2, -0.15) is 8.78 Å². The Morgan fingerprint density at radius 1 is 1.15 bits per heavy atom. The molecule has 3 aromatic rings. The van der Waals surface area contributed by atoms with Crippen molar-refractivity contribution in [2.24, 2.45) is 0 Å². The first-order chi connectivity index (χ1) is 18.5. The Bertz CT molecular complexity index is 1390. The Balaban J connectivity index is 1.63. The number of amides is 1. The lowest BCUT2D eigenvalue weighted by atomic mass is 10.00. The molecule has 0 fully saturated rings. The number of carboxylic acid groups (broad SMARTS) is 1. The topological polar surface area (TPSA) is 130 Å². The average Bonchev–Trinajstić information content (AvgIpc) is 2.91. The fourth-order valence-electron chi connectivity index (χ4n) is 4.01. The monoisotopic (exact) mass is 539 g/mol. The lowest BCUT2D eigenvalue weighted by Crippen LogP contribution is -2.46. The summed E-state index contributed by atoms with van der Waals surface area (Å²) in [6.07, 6.45) is 0.207. The summed E-state index contributed by atoms with van der Waals surface area (Å²) in [5.41, 5.74) is 2.95. The average molecular weight is 540 g/mol. The van der Waals surface area contributed by atoms with Crippen LogP contribution in [0, 0.1) is 5.41 Å². The molecule has 0 bridgehead atoms. The lowest BCUT2D eigenvalue weighted by molar-refractivity contribution is -0.144. The molecule has 0 spiro atoms. The first-order valence-electron chi connectivity index (χ1n) is 12.0. The number of alkyl halides is 2. The summed E-state index contributed by atoms with van der Waals surface area (Å²) < 4.78 is 44.3. The third-order valence-corrected chi connectivity index (χ3v) is 6.02. The van der Waals surface area contributed by atoms with E-state index in [2.05, 4.69) is 10.6 Å². The van der Waals surface area contributed by atoms with Gasteiger partial charge in [0.15, 0.2) is 6.79 Å². The van der Waals surface area contributed by atoms with Crippen LogP contribution in [-0.4, -0.2) is 42.0 Å². The van der Waals surface area contributed by atoms with Crippen LogP contribution in [0.4, 0.5) is 20.2 Å². The quantitative estimate of drug-likeness (QED) is 0.258. The van der Waals surface area contributed by atoms with Crippen molar-refractivity contribution in [1.82, 2.24) is 5.32 Å². The van der Waals surface area contributed by atoms with Crippen LogP contribution in [0.3, 0.4) is 0 Å². The van der Waals surface area contributed by atoms with Crippen molar-refractivity contribution in [2.45, 2.75) is 38.5 Å². The van der Waals surface area contributed by atoms with Gasteiger partial charge in [-0.05, 0) is 55.0 Å². The number of fused-ring (bicyclic) bond motifs is 1. The number of anilines is 2. The Labute approximate surface area is 223 Å². The zero-order chi connectivity index (χ0) is 28.2. The van der Waals surface area contributed by atoms with E-state index in [-0.39, 0.29) is 12.4 Å². The van der Waals surface area contributed by atoms with Gasteiger partial charge in [0, 0.05) is 35.6 Å². The molecule has 1 aliphatic rings. The summed E-state index contributed by atoms with van der Waals surface area (Å²) in [5, 5.41) is 22.5. The highest BCUT2D eigenvalue weighted by molar-refractivity contribution is 5.91. The number of hydrogen-bond donors (Lipinski definition) is 4. The molecule has 3 aromatic carbocycles. The van der Waals surface area contributed by atoms with Crippen molar-refractivity contribution in [2.75, 3.05) is 12.1 Å². The van der Waals surface area contributed by atoms with E-state index in [9.17, 15) is 23.5 Å². The minimum atomic E-state index is -3.58. The molecule has 9 nitrogen and oxygen atoms in total. The number of carboxylic acids is 1. The smallest absolute Gasteiger partial charge is 0.335 e. The van der Waals surface area contributed by atoms with Crippen molar-refractivity contribution in [3.8, 4) is 11.5 Å². The Hall–Kier alpha value is -4.51. The second-order valence-corrected chi connectivity index (χ2v) is 9.07. The van der Waals surface area contributed by atoms with Crippen LogP contribution in [0.2, 0.25) is 0 Å². The van der Waals surface area contributed by atoms with Gasteiger partial charge in [-0.25, -0.2) is 4.79 Å². The summed E-state index contributed by atoms with van der Waals surface area (Å²) in [5.74, 6) is -5.20. The van der Waals surface area contributed by atoms with E-state index < -0.39 is 29.9 Å². The zero-order valence-corrected chi connectivity index (χ0v) is 21.2. The largest absolute Gasteiger partial charge is 0.484 e. The number of ether oxygens (including phenoxy) is 3. The molecule has 39 heavy (non-hydrogen) atoms. The molecule has 204 valence electrons. The number of halogens is 2. The summed E-state index contributed by atoms with van der Waals surface area (Å²) in [6.45, 7) is 2.51. The molecular weight excluding hydrogens is 512 g/mol. The highest BCUT2D eigenvalue weighted by Gasteiger charge is 2.35. The van der Waals surface area contributed by atoms with E-state index in [1.807, 2.05) is 0 Å². The van der Waals surface area contributed by atoms with Gasteiger partial charge in [0.05, 0.1) is 18.2 Å². The summed E-state index contributed by atoms with van der Waals surface area (Å²) in [7, 11) is 0. The molecule has 2 atom stereocenters. The van der Waals surface area contributed by atoms with Gasteiger partial charge in [0.25, 0.3) is 5.91 Å². The van der Waals surface area contributed by atoms with E-state index in [0.29, 0.717) is 47.5 Å². The number of carbonyl (C=O) groups excluding carboxylic acids is 1. The molecule has 1 aliphatic heterocycles. The van der Waals surface area contributed by atoms with E-state index >= 15 is 0 Å². The molecule has 0 aliphatic carbocycles. The van der Waals surface area contributed by atoms with Gasteiger partial charge < -0.3 is 35.4 Å². The summed E-state index contributed by atoms with van der Waals surface area (Å²) >= 11 is 0. The Kier molecular flexibility index (Phi) is 8.10. The minimum Gasteiger partial charge on any atom is -0.484 e. The maximum atomic E-state index is 13.6. The van der Waals surface area contributed by atoms with Gasteiger partial charge in [-0.3, -0.25) is 4.79 Å². The van der Waals surface area contributed by atoms with Crippen molar-refractivity contribution >= 4 is 29.5 Å². The van der Waals surface area contributed by atoms with Gasteiger partial charge in [0.2, 0.25) is 0 Å². The maximum absolute atomic E-state index is 13.6. The molecular formula is C28H27F2N3O6. The lowest BCUT2D eigenvalue weighted by Gasteiger charge is -2.29.